The fourth-order valence-corrected chi connectivity index (χ4v) is 2.47. The van der Waals surface area contributed by atoms with Crippen molar-refractivity contribution in [3.63, 3.8) is 0 Å². The molecule has 0 radical (unpaired) electrons. The van der Waals surface area contributed by atoms with E-state index in [0.29, 0.717) is 12.3 Å². The monoisotopic (exact) mass is 251 g/mol. The van der Waals surface area contributed by atoms with E-state index in [0.717, 1.165) is 31.2 Å². The Kier molecular flexibility index (Phi) is 4.44. The van der Waals surface area contributed by atoms with Gasteiger partial charge in [0.1, 0.15) is 0 Å². The van der Waals surface area contributed by atoms with Crippen LogP contribution in [0.5, 0.6) is 11.5 Å². The number of hydrogen-bond acceptors (Lipinski definition) is 4. The van der Waals surface area contributed by atoms with Gasteiger partial charge < -0.3 is 20.3 Å². The number of phenols is 1. The van der Waals surface area contributed by atoms with Crippen LogP contribution >= 0.6 is 0 Å². The second kappa shape index (κ2) is 6.07. The van der Waals surface area contributed by atoms with Crippen molar-refractivity contribution in [1.82, 2.24) is 5.32 Å². The maximum absolute atomic E-state index is 9.96. The van der Waals surface area contributed by atoms with Crippen molar-refractivity contribution in [3.8, 4) is 11.5 Å². The first-order valence-corrected chi connectivity index (χ1v) is 6.48. The minimum atomic E-state index is -0.272. The first-order valence-electron chi connectivity index (χ1n) is 6.48. The van der Waals surface area contributed by atoms with Crippen molar-refractivity contribution >= 4 is 0 Å². The van der Waals surface area contributed by atoms with Crippen LogP contribution in [-0.2, 0) is 6.54 Å². The van der Waals surface area contributed by atoms with E-state index in [1.807, 2.05) is 12.1 Å². The minimum Gasteiger partial charge on any atom is -0.504 e. The predicted octanol–water partition coefficient (Wildman–Crippen LogP) is 1.79. The Labute approximate surface area is 108 Å². The summed E-state index contributed by atoms with van der Waals surface area (Å²) < 4.78 is 5.07. The molecule has 2 rings (SSSR count). The molecule has 100 valence electrons. The highest BCUT2D eigenvalue weighted by Gasteiger charge is 2.22. The zero-order chi connectivity index (χ0) is 13.0. The van der Waals surface area contributed by atoms with Crippen LogP contribution in [0, 0.1) is 0 Å². The number of ether oxygens (including phenoxy) is 1. The van der Waals surface area contributed by atoms with Crippen molar-refractivity contribution < 1.29 is 14.9 Å². The molecular formula is C14H21NO3. The molecule has 2 unspecified atom stereocenters. The van der Waals surface area contributed by atoms with Crippen LogP contribution < -0.4 is 10.1 Å². The van der Waals surface area contributed by atoms with Gasteiger partial charge in [0.15, 0.2) is 11.5 Å². The molecule has 3 N–H and O–H groups in total. The smallest absolute Gasteiger partial charge is 0.162 e. The number of aliphatic hydroxyl groups is 1. The molecule has 1 fully saturated rings. The minimum absolute atomic E-state index is 0.129. The van der Waals surface area contributed by atoms with Gasteiger partial charge in [-0.2, -0.15) is 0 Å². The molecule has 1 saturated carbocycles. The Hall–Kier alpha value is -1.26. The number of aromatic hydroxyl groups is 1. The molecule has 0 heterocycles. The summed E-state index contributed by atoms with van der Waals surface area (Å²) in [5, 5.41) is 23.1. The average molecular weight is 251 g/mol. The number of para-hydroxylation sites is 1. The molecule has 1 aliphatic carbocycles. The molecule has 0 aliphatic heterocycles. The number of nitrogens with one attached hydrogen (secondary N) is 1. The molecule has 18 heavy (non-hydrogen) atoms. The van der Waals surface area contributed by atoms with Gasteiger partial charge in [0.25, 0.3) is 0 Å². The number of methoxy groups -OCH3 is 1. The lowest BCUT2D eigenvalue weighted by molar-refractivity contribution is 0.0901. The molecule has 0 amide bonds. The third-order valence-electron chi connectivity index (χ3n) is 3.59. The Balaban J connectivity index is 1.97. The predicted molar refractivity (Wildman–Crippen MR) is 69.8 cm³/mol. The molecule has 0 bridgehead atoms. The normalized spacial score (nSPS) is 23.9. The zero-order valence-corrected chi connectivity index (χ0v) is 10.7. The molecule has 1 aliphatic rings. The summed E-state index contributed by atoms with van der Waals surface area (Å²) in [5.41, 5.74) is 0.798. The van der Waals surface area contributed by atoms with Crippen LogP contribution in [-0.4, -0.2) is 29.5 Å². The lowest BCUT2D eigenvalue weighted by Crippen LogP contribution is -2.41. The van der Waals surface area contributed by atoms with E-state index in [4.69, 9.17) is 4.74 Å². The lowest BCUT2D eigenvalue weighted by atomic mass is 9.92. The third kappa shape index (κ3) is 2.94. The van der Waals surface area contributed by atoms with Crippen molar-refractivity contribution in [2.45, 2.75) is 44.4 Å². The topological polar surface area (TPSA) is 61.7 Å². The molecule has 4 heteroatoms. The van der Waals surface area contributed by atoms with E-state index >= 15 is 0 Å². The van der Waals surface area contributed by atoms with E-state index < -0.39 is 0 Å². The van der Waals surface area contributed by atoms with Crippen LogP contribution in [0.2, 0.25) is 0 Å². The van der Waals surface area contributed by atoms with Crippen LogP contribution in [0.1, 0.15) is 31.2 Å². The van der Waals surface area contributed by atoms with Gasteiger partial charge in [-0.3, -0.25) is 0 Å². The number of aliphatic hydroxyl groups excluding tert-OH is 1. The van der Waals surface area contributed by atoms with Gasteiger partial charge in [0.05, 0.1) is 13.2 Å². The summed E-state index contributed by atoms with van der Waals surface area (Å²) in [4.78, 5) is 0. The summed E-state index contributed by atoms with van der Waals surface area (Å²) >= 11 is 0. The molecule has 0 spiro atoms. The highest BCUT2D eigenvalue weighted by atomic mass is 16.5. The second-order valence-electron chi connectivity index (χ2n) is 4.81. The van der Waals surface area contributed by atoms with Crippen molar-refractivity contribution in [1.29, 1.82) is 0 Å². The summed E-state index contributed by atoms with van der Waals surface area (Å²) in [6.45, 7) is 0.546. The molecular weight excluding hydrogens is 230 g/mol. The molecule has 1 aromatic rings. The standard InChI is InChI=1S/C14H21NO3/c1-18-13-8-4-5-10(14(13)17)9-15-11-6-2-3-7-12(11)16/h4-5,8,11-12,15-17H,2-3,6-7,9H2,1H3. The highest BCUT2D eigenvalue weighted by Crippen LogP contribution is 2.29. The van der Waals surface area contributed by atoms with Crippen LogP contribution in [0.4, 0.5) is 0 Å². The summed E-state index contributed by atoms with van der Waals surface area (Å²) in [6.07, 6.45) is 3.84. The SMILES string of the molecule is COc1cccc(CNC2CCCCC2O)c1O. The fourth-order valence-electron chi connectivity index (χ4n) is 2.47. The molecule has 0 aromatic heterocycles. The van der Waals surface area contributed by atoms with Crippen LogP contribution in [0.3, 0.4) is 0 Å². The summed E-state index contributed by atoms with van der Waals surface area (Å²) in [6, 6.07) is 5.57. The Morgan fingerprint density at radius 3 is 2.83 bits per heavy atom. The number of hydrogen-bond donors (Lipinski definition) is 3. The van der Waals surface area contributed by atoms with E-state index in [1.54, 1.807) is 6.07 Å². The first kappa shape index (κ1) is 13.2. The maximum Gasteiger partial charge on any atom is 0.162 e. The zero-order valence-electron chi connectivity index (χ0n) is 10.7. The Morgan fingerprint density at radius 1 is 1.33 bits per heavy atom. The quantitative estimate of drug-likeness (QED) is 0.763. The highest BCUT2D eigenvalue weighted by molar-refractivity contribution is 5.45. The van der Waals surface area contributed by atoms with Crippen molar-refractivity contribution in [2.24, 2.45) is 0 Å². The van der Waals surface area contributed by atoms with E-state index in [2.05, 4.69) is 5.32 Å². The number of benzene rings is 1. The Morgan fingerprint density at radius 2 is 2.11 bits per heavy atom. The van der Waals surface area contributed by atoms with Gasteiger partial charge in [0.2, 0.25) is 0 Å². The summed E-state index contributed by atoms with van der Waals surface area (Å²) in [7, 11) is 1.54. The molecule has 4 nitrogen and oxygen atoms in total. The third-order valence-corrected chi connectivity index (χ3v) is 3.59. The Bertz CT molecular complexity index is 395. The van der Waals surface area contributed by atoms with Crippen LogP contribution in [0.25, 0.3) is 0 Å². The molecule has 2 atom stereocenters. The second-order valence-corrected chi connectivity index (χ2v) is 4.81. The first-order chi connectivity index (χ1) is 8.72. The molecule has 1 aromatic carbocycles. The van der Waals surface area contributed by atoms with Gasteiger partial charge >= 0.3 is 0 Å². The van der Waals surface area contributed by atoms with Crippen LogP contribution in [0.15, 0.2) is 18.2 Å². The van der Waals surface area contributed by atoms with E-state index in [-0.39, 0.29) is 17.9 Å². The van der Waals surface area contributed by atoms with Gasteiger partial charge in [0, 0.05) is 18.2 Å². The lowest BCUT2D eigenvalue weighted by Gasteiger charge is -2.28. The van der Waals surface area contributed by atoms with E-state index in [9.17, 15) is 10.2 Å². The van der Waals surface area contributed by atoms with Gasteiger partial charge in [-0.05, 0) is 18.9 Å². The van der Waals surface area contributed by atoms with Gasteiger partial charge in [-0.1, -0.05) is 25.0 Å². The largest absolute Gasteiger partial charge is 0.504 e. The summed E-state index contributed by atoms with van der Waals surface area (Å²) in [5.74, 6) is 0.663. The van der Waals surface area contributed by atoms with Crippen molar-refractivity contribution in [3.05, 3.63) is 23.8 Å². The fraction of sp³-hybridized carbons (Fsp3) is 0.571. The van der Waals surface area contributed by atoms with Gasteiger partial charge in [-0.25, -0.2) is 0 Å². The van der Waals surface area contributed by atoms with Gasteiger partial charge in [-0.15, -0.1) is 0 Å². The number of phenolic OH excluding ortho intramolecular Hbond substituents is 1. The molecule has 0 saturated heterocycles. The van der Waals surface area contributed by atoms with Crippen molar-refractivity contribution in [2.75, 3.05) is 7.11 Å². The number of rotatable bonds is 4. The average Bonchev–Trinajstić information content (AvgIpc) is 2.39. The van der Waals surface area contributed by atoms with E-state index in [1.165, 1.54) is 7.11 Å². The maximum atomic E-state index is 9.96.